The van der Waals surface area contributed by atoms with E-state index in [1.807, 2.05) is 37.3 Å². The number of nitrogens with one attached hydrogen (secondary N) is 2. The van der Waals surface area contributed by atoms with Gasteiger partial charge in [0.2, 0.25) is 0 Å². The van der Waals surface area contributed by atoms with Crippen LogP contribution < -0.4 is 15.4 Å². The Labute approximate surface area is 149 Å². The fourth-order valence-electron chi connectivity index (χ4n) is 2.27. The summed E-state index contributed by atoms with van der Waals surface area (Å²) in [7, 11) is 1.76. The summed E-state index contributed by atoms with van der Waals surface area (Å²) >= 11 is 0. The van der Waals surface area contributed by atoms with Crippen molar-refractivity contribution in [3.05, 3.63) is 54.0 Å². The molecular weight excluding hydrogens is 318 g/mol. The van der Waals surface area contributed by atoms with Gasteiger partial charge in [0.15, 0.2) is 5.96 Å². The van der Waals surface area contributed by atoms with E-state index in [1.165, 1.54) is 0 Å². The number of hydrogen-bond acceptors (Lipinski definition) is 4. The third-order valence-corrected chi connectivity index (χ3v) is 3.48. The highest BCUT2D eigenvalue weighted by Gasteiger charge is 2.00. The van der Waals surface area contributed by atoms with E-state index in [1.54, 1.807) is 13.3 Å². The summed E-state index contributed by atoms with van der Waals surface area (Å²) in [5.74, 6) is 2.51. The molecule has 0 fully saturated rings. The van der Waals surface area contributed by atoms with Gasteiger partial charge in [-0.2, -0.15) is 0 Å². The molecule has 0 saturated carbocycles. The lowest BCUT2D eigenvalue weighted by Crippen LogP contribution is -2.37. The molecule has 1 aromatic heterocycles. The Morgan fingerprint density at radius 1 is 1.20 bits per heavy atom. The maximum atomic E-state index is 5.55. The van der Waals surface area contributed by atoms with Crippen LogP contribution >= 0.6 is 0 Å². The molecule has 6 heteroatoms. The molecule has 0 atom stereocenters. The summed E-state index contributed by atoms with van der Waals surface area (Å²) in [6, 6.07) is 11.8. The van der Waals surface area contributed by atoms with Gasteiger partial charge in [-0.15, -0.1) is 0 Å². The van der Waals surface area contributed by atoms with Crippen molar-refractivity contribution >= 4 is 5.96 Å². The minimum absolute atomic E-state index is 0.510. The van der Waals surface area contributed by atoms with Crippen LogP contribution in [0.15, 0.2) is 52.1 Å². The molecule has 1 aromatic carbocycles. The predicted molar refractivity (Wildman–Crippen MR) is 98.8 cm³/mol. The Kier molecular flexibility index (Phi) is 8.41. The second-order valence-electron chi connectivity index (χ2n) is 5.42. The van der Waals surface area contributed by atoms with Gasteiger partial charge in [0.25, 0.3) is 0 Å². The van der Waals surface area contributed by atoms with Crippen LogP contribution in [0.25, 0.3) is 0 Å². The number of guanidine groups is 1. The van der Waals surface area contributed by atoms with Crippen molar-refractivity contribution in [1.82, 2.24) is 10.6 Å². The minimum atomic E-state index is 0.510. The molecule has 0 bridgehead atoms. The summed E-state index contributed by atoms with van der Waals surface area (Å²) in [6.45, 7) is 5.31. The first-order valence-corrected chi connectivity index (χ1v) is 8.58. The van der Waals surface area contributed by atoms with E-state index in [0.717, 1.165) is 36.0 Å². The van der Waals surface area contributed by atoms with Crippen molar-refractivity contribution in [3.8, 4) is 5.75 Å². The quantitative estimate of drug-likeness (QED) is 0.394. The number of hydrogen-bond donors (Lipinski definition) is 2. The standard InChI is InChI=1S/C19H27N3O3/c1-3-24-17-8-4-7-16(13-17)14-22-19(20-2)21-10-6-11-23-15-18-9-5-12-25-18/h4-5,7-9,12-13H,3,6,10-11,14-15H2,1-2H3,(H2,20,21,22). The molecule has 2 N–H and O–H groups in total. The van der Waals surface area contributed by atoms with Gasteiger partial charge in [0, 0.05) is 26.7 Å². The first-order chi connectivity index (χ1) is 12.3. The Hall–Kier alpha value is -2.47. The molecule has 6 nitrogen and oxygen atoms in total. The van der Waals surface area contributed by atoms with Gasteiger partial charge in [-0.05, 0) is 43.2 Å². The summed E-state index contributed by atoms with van der Waals surface area (Å²) in [6.07, 6.45) is 2.54. The van der Waals surface area contributed by atoms with Gasteiger partial charge >= 0.3 is 0 Å². The average Bonchev–Trinajstić information content (AvgIpc) is 3.14. The largest absolute Gasteiger partial charge is 0.494 e. The van der Waals surface area contributed by atoms with Crippen LogP contribution in [0, 0.1) is 0 Å². The summed E-state index contributed by atoms with van der Waals surface area (Å²) in [5, 5.41) is 6.57. The van der Waals surface area contributed by atoms with Crippen LogP contribution in [0.5, 0.6) is 5.75 Å². The van der Waals surface area contributed by atoms with Crippen LogP contribution in [-0.4, -0.2) is 32.8 Å². The average molecular weight is 345 g/mol. The number of aliphatic imine (C=N–C) groups is 1. The molecule has 0 amide bonds. The zero-order valence-corrected chi connectivity index (χ0v) is 15.0. The molecule has 2 rings (SSSR count). The first-order valence-electron chi connectivity index (χ1n) is 8.58. The van der Waals surface area contributed by atoms with E-state index in [2.05, 4.69) is 21.7 Å². The topological polar surface area (TPSA) is 68.0 Å². The summed E-state index contributed by atoms with van der Waals surface area (Å²) < 4.78 is 16.3. The van der Waals surface area contributed by atoms with Gasteiger partial charge in [-0.3, -0.25) is 4.99 Å². The zero-order valence-electron chi connectivity index (χ0n) is 15.0. The normalized spacial score (nSPS) is 11.4. The maximum Gasteiger partial charge on any atom is 0.191 e. The van der Waals surface area contributed by atoms with Crippen molar-refractivity contribution < 1.29 is 13.9 Å². The Balaban J connectivity index is 1.61. The Bertz CT molecular complexity index is 627. The van der Waals surface area contributed by atoms with Crippen molar-refractivity contribution in [1.29, 1.82) is 0 Å². The smallest absolute Gasteiger partial charge is 0.191 e. The fourth-order valence-corrected chi connectivity index (χ4v) is 2.27. The van der Waals surface area contributed by atoms with Gasteiger partial charge in [-0.25, -0.2) is 0 Å². The zero-order chi connectivity index (χ0) is 17.7. The summed E-state index contributed by atoms with van der Waals surface area (Å²) in [5.41, 5.74) is 1.15. The molecular formula is C19H27N3O3. The van der Waals surface area contributed by atoms with E-state index in [0.29, 0.717) is 26.4 Å². The maximum absolute atomic E-state index is 5.55. The number of nitrogens with zero attached hydrogens (tertiary/aromatic N) is 1. The van der Waals surface area contributed by atoms with Crippen molar-refractivity contribution in [3.63, 3.8) is 0 Å². The van der Waals surface area contributed by atoms with Crippen molar-refractivity contribution in [2.45, 2.75) is 26.5 Å². The van der Waals surface area contributed by atoms with Crippen LogP contribution in [0.4, 0.5) is 0 Å². The number of benzene rings is 1. The third kappa shape index (κ3) is 7.30. The van der Waals surface area contributed by atoms with E-state index >= 15 is 0 Å². The highest BCUT2D eigenvalue weighted by molar-refractivity contribution is 5.79. The van der Waals surface area contributed by atoms with Gasteiger partial charge in [-0.1, -0.05) is 12.1 Å². The lowest BCUT2D eigenvalue weighted by molar-refractivity contribution is 0.105. The van der Waals surface area contributed by atoms with Crippen LogP contribution in [-0.2, 0) is 17.9 Å². The molecule has 0 spiro atoms. The van der Waals surface area contributed by atoms with Crippen LogP contribution in [0.1, 0.15) is 24.7 Å². The van der Waals surface area contributed by atoms with E-state index in [4.69, 9.17) is 13.9 Å². The molecule has 0 aliphatic heterocycles. The van der Waals surface area contributed by atoms with Gasteiger partial charge in [0.05, 0.1) is 12.9 Å². The predicted octanol–water partition coefficient (Wildman–Crippen LogP) is 2.95. The van der Waals surface area contributed by atoms with Crippen molar-refractivity contribution in [2.75, 3.05) is 26.8 Å². The lowest BCUT2D eigenvalue weighted by atomic mass is 10.2. The van der Waals surface area contributed by atoms with Crippen LogP contribution in [0.2, 0.25) is 0 Å². The molecule has 2 aromatic rings. The lowest BCUT2D eigenvalue weighted by Gasteiger charge is -2.12. The molecule has 25 heavy (non-hydrogen) atoms. The Morgan fingerprint density at radius 3 is 2.88 bits per heavy atom. The number of rotatable bonds is 10. The second kappa shape index (κ2) is 11.1. The first kappa shape index (κ1) is 18.9. The highest BCUT2D eigenvalue weighted by atomic mass is 16.5. The van der Waals surface area contributed by atoms with Gasteiger partial charge < -0.3 is 24.5 Å². The molecule has 136 valence electrons. The summed E-state index contributed by atoms with van der Waals surface area (Å²) in [4.78, 5) is 4.23. The molecule has 0 unspecified atom stereocenters. The van der Waals surface area contributed by atoms with Gasteiger partial charge in [0.1, 0.15) is 18.1 Å². The molecule has 0 aliphatic rings. The fraction of sp³-hybridized carbons (Fsp3) is 0.421. The van der Waals surface area contributed by atoms with Crippen LogP contribution in [0.3, 0.4) is 0 Å². The minimum Gasteiger partial charge on any atom is -0.494 e. The number of furan rings is 1. The monoisotopic (exact) mass is 345 g/mol. The molecule has 0 saturated heterocycles. The third-order valence-electron chi connectivity index (χ3n) is 3.48. The SMILES string of the molecule is CCOc1cccc(CNC(=NC)NCCCOCc2ccco2)c1. The molecule has 1 heterocycles. The van der Waals surface area contributed by atoms with E-state index in [-0.39, 0.29) is 0 Å². The van der Waals surface area contributed by atoms with E-state index in [9.17, 15) is 0 Å². The molecule has 0 radical (unpaired) electrons. The van der Waals surface area contributed by atoms with E-state index < -0.39 is 0 Å². The second-order valence-corrected chi connectivity index (χ2v) is 5.42. The van der Waals surface area contributed by atoms with Crippen molar-refractivity contribution in [2.24, 2.45) is 4.99 Å². The highest BCUT2D eigenvalue weighted by Crippen LogP contribution is 2.12. The molecule has 0 aliphatic carbocycles. The number of ether oxygens (including phenoxy) is 2. The Morgan fingerprint density at radius 2 is 2.12 bits per heavy atom.